The molecule has 1 aromatic heterocycles. The maximum absolute atomic E-state index is 11.9. The number of carboxylic acid groups (broad SMARTS) is 1. The van der Waals surface area contributed by atoms with Gasteiger partial charge in [-0.15, -0.1) is 11.3 Å². The van der Waals surface area contributed by atoms with E-state index in [0.717, 1.165) is 12.8 Å². The molecule has 1 aliphatic rings. The molecule has 1 saturated carbocycles. The van der Waals surface area contributed by atoms with Crippen LogP contribution in [0.25, 0.3) is 0 Å². The van der Waals surface area contributed by atoms with Gasteiger partial charge in [0.15, 0.2) is 0 Å². The largest absolute Gasteiger partial charge is 0.481 e. The molecule has 2 unspecified atom stereocenters. The van der Waals surface area contributed by atoms with Crippen molar-refractivity contribution in [3.63, 3.8) is 0 Å². The van der Waals surface area contributed by atoms with Gasteiger partial charge < -0.3 is 10.4 Å². The van der Waals surface area contributed by atoms with Crippen molar-refractivity contribution < 1.29 is 14.7 Å². The molecule has 1 aromatic rings. The highest BCUT2D eigenvalue weighted by Crippen LogP contribution is 2.38. The molecule has 2 N–H and O–H groups in total. The molecule has 2 atom stereocenters. The second-order valence-corrected chi connectivity index (χ2v) is 5.57. The van der Waals surface area contributed by atoms with Gasteiger partial charge in [-0.1, -0.05) is 12.5 Å². The number of rotatable bonds is 3. The molecule has 92 valence electrons. The lowest BCUT2D eigenvalue weighted by molar-refractivity contribution is -0.148. The number of carbonyl (C=O) groups excluding carboxylic acids is 1. The van der Waals surface area contributed by atoms with Crippen LogP contribution in [0.3, 0.4) is 0 Å². The van der Waals surface area contributed by atoms with Crippen LogP contribution >= 0.6 is 11.3 Å². The normalized spacial score (nSPS) is 27.9. The predicted octanol–water partition coefficient (Wildman–Crippen LogP) is 2.12. The van der Waals surface area contributed by atoms with Gasteiger partial charge in [0.25, 0.3) is 5.91 Å². The molecule has 0 aliphatic heterocycles. The fourth-order valence-corrected chi connectivity index (χ4v) is 2.92. The lowest BCUT2D eigenvalue weighted by atomic mass is 9.85. The Morgan fingerprint density at radius 1 is 1.59 bits per heavy atom. The minimum atomic E-state index is -0.827. The summed E-state index contributed by atoms with van der Waals surface area (Å²) in [5.74, 6) is -0.995. The van der Waals surface area contributed by atoms with Crippen LogP contribution in [0.4, 0.5) is 0 Å². The average Bonchev–Trinajstić information content (AvgIpc) is 2.89. The van der Waals surface area contributed by atoms with E-state index in [9.17, 15) is 14.7 Å². The van der Waals surface area contributed by atoms with Gasteiger partial charge in [0.2, 0.25) is 0 Å². The quantitative estimate of drug-likeness (QED) is 0.867. The van der Waals surface area contributed by atoms with Crippen molar-refractivity contribution in [1.29, 1.82) is 0 Å². The number of amides is 1. The van der Waals surface area contributed by atoms with Crippen LogP contribution in [-0.2, 0) is 4.79 Å². The molecule has 17 heavy (non-hydrogen) atoms. The van der Waals surface area contributed by atoms with Crippen LogP contribution in [0.2, 0.25) is 0 Å². The van der Waals surface area contributed by atoms with E-state index in [4.69, 9.17) is 0 Å². The zero-order chi connectivity index (χ0) is 12.5. The van der Waals surface area contributed by atoms with E-state index in [0.29, 0.717) is 11.3 Å². The van der Waals surface area contributed by atoms with Gasteiger partial charge >= 0.3 is 5.97 Å². The molecule has 2 rings (SSSR count). The third-order valence-electron chi connectivity index (χ3n) is 3.50. The van der Waals surface area contributed by atoms with E-state index in [2.05, 4.69) is 5.32 Å². The van der Waals surface area contributed by atoms with Gasteiger partial charge in [0, 0.05) is 6.04 Å². The first kappa shape index (κ1) is 12.1. The summed E-state index contributed by atoms with van der Waals surface area (Å²) in [6, 6.07) is 3.28. The second kappa shape index (κ2) is 4.49. The smallest absolute Gasteiger partial charge is 0.311 e. The molecule has 1 heterocycles. The summed E-state index contributed by atoms with van der Waals surface area (Å²) in [4.78, 5) is 23.8. The number of thiophene rings is 1. The Morgan fingerprint density at radius 3 is 2.94 bits per heavy atom. The Balaban J connectivity index is 2.09. The monoisotopic (exact) mass is 253 g/mol. The zero-order valence-electron chi connectivity index (χ0n) is 9.60. The zero-order valence-corrected chi connectivity index (χ0v) is 10.4. The highest BCUT2D eigenvalue weighted by molar-refractivity contribution is 7.12. The molecular weight excluding hydrogens is 238 g/mol. The number of nitrogens with one attached hydrogen (secondary N) is 1. The van der Waals surface area contributed by atoms with Crippen LogP contribution in [0, 0.1) is 5.41 Å². The summed E-state index contributed by atoms with van der Waals surface area (Å²) in [6.45, 7) is 1.71. The Bertz CT molecular complexity index is 429. The fourth-order valence-electron chi connectivity index (χ4n) is 2.29. The van der Waals surface area contributed by atoms with Crippen molar-refractivity contribution in [3.05, 3.63) is 22.4 Å². The lowest BCUT2D eigenvalue weighted by Gasteiger charge is -2.27. The molecule has 5 heteroatoms. The van der Waals surface area contributed by atoms with Crippen molar-refractivity contribution in [1.82, 2.24) is 5.32 Å². The van der Waals surface area contributed by atoms with Crippen LogP contribution in [-0.4, -0.2) is 23.0 Å². The second-order valence-electron chi connectivity index (χ2n) is 4.62. The van der Waals surface area contributed by atoms with Crippen LogP contribution in [0.15, 0.2) is 17.5 Å². The topological polar surface area (TPSA) is 66.4 Å². The lowest BCUT2D eigenvalue weighted by Crippen LogP contribution is -2.46. The summed E-state index contributed by atoms with van der Waals surface area (Å²) >= 11 is 1.36. The summed E-state index contributed by atoms with van der Waals surface area (Å²) < 4.78 is 0. The van der Waals surface area contributed by atoms with E-state index in [-0.39, 0.29) is 11.9 Å². The Labute approximate surface area is 104 Å². The highest BCUT2D eigenvalue weighted by atomic mass is 32.1. The summed E-state index contributed by atoms with van der Waals surface area (Å²) in [5, 5.41) is 13.9. The summed E-state index contributed by atoms with van der Waals surface area (Å²) in [7, 11) is 0. The fraction of sp³-hybridized carbons (Fsp3) is 0.500. The summed E-state index contributed by atoms with van der Waals surface area (Å²) in [6.07, 6.45) is 2.20. The minimum Gasteiger partial charge on any atom is -0.481 e. The number of carboxylic acids is 1. The standard InChI is InChI=1S/C12H15NO3S/c1-12(11(15)16)6-2-5-9(12)13-10(14)8-4-3-7-17-8/h3-4,7,9H,2,5-6H2,1H3,(H,13,14)(H,15,16). The van der Waals surface area contributed by atoms with Gasteiger partial charge in [-0.05, 0) is 31.2 Å². The van der Waals surface area contributed by atoms with E-state index in [1.54, 1.807) is 13.0 Å². The van der Waals surface area contributed by atoms with Crippen LogP contribution < -0.4 is 5.32 Å². The first-order valence-corrected chi connectivity index (χ1v) is 6.50. The maximum Gasteiger partial charge on any atom is 0.311 e. The van der Waals surface area contributed by atoms with Crippen molar-refractivity contribution >= 4 is 23.2 Å². The van der Waals surface area contributed by atoms with E-state index >= 15 is 0 Å². The van der Waals surface area contributed by atoms with E-state index in [1.807, 2.05) is 11.4 Å². The third kappa shape index (κ3) is 2.20. The average molecular weight is 253 g/mol. The molecule has 0 radical (unpaired) electrons. The van der Waals surface area contributed by atoms with Crippen molar-refractivity contribution in [3.8, 4) is 0 Å². The Kier molecular flexibility index (Phi) is 3.19. The predicted molar refractivity (Wildman–Crippen MR) is 65.2 cm³/mol. The van der Waals surface area contributed by atoms with Gasteiger partial charge in [0.05, 0.1) is 10.3 Å². The number of carbonyl (C=O) groups is 2. The van der Waals surface area contributed by atoms with Crippen molar-refractivity contribution in [2.45, 2.75) is 32.2 Å². The van der Waals surface area contributed by atoms with Crippen LogP contribution in [0.5, 0.6) is 0 Å². The molecule has 0 bridgehead atoms. The molecule has 1 fully saturated rings. The van der Waals surface area contributed by atoms with Gasteiger partial charge in [0.1, 0.15) is 0 Å². The van der Waals surface area contributed by atoms with Crippen molar-refractivity contribution in [2.75, 3.05) is 0 Å². The SMILES string of the molecule is CC1(C(=O)O)CCCC1NC(=O)c1cccs1. The molecular formula is C12H15NO3S. The molecule has 0 aromatic carbocycles. The molecule has 1 aliphatic carbocycles. The highest BCUT2D eigenvalue weighted by Gasteiger charge is 2.45. The number of aliphatic carboxylic acids is 1. The first-order valence-electron chi connectivity index (χ1n) is 5.62. The van der Waals surface area contributed by atoms with Gasteiger partial charge in [-0.25, -0.2) is 0 Å². The van der Waals surface area contributed by atoms with Gasteiger partial charge in [-0.2, -0.15) is 0 Å². The maximum atomic E-state index is 11.9. The molecule has 1 amide bonds. The van der Waals surface area contributed by atoms with Gasteiger partial charge in [-0.3, -0.25) is 9.59 Å². The molecule has 0 spiro atoms. The Hall–Kier alpha value is -1.36. The van der Waals surface area contributed by atoms with Crippen LogP contribution in [0.1, 0.15) is 35.9 Å². The summed E-state index contributed by atoms with van der Waals surface area (Å²) in [5.41, 5.74) is -0.826. The van der Waals surface area contributed by atoms with E-state index < -0.39 is 11.4 Å². The van der Waals surface area contributed by atoms with Crippen molar-refractivity contribution in [2.24, 2.45) is 5.41 Å². The molecule has 4 nitrogen and oxygen atoms in total. The minimum absolute atomic E-state index is 0.167. The Morgan fingerprint density at radius 2 is 2.35 bits per heavy atom. The third-order valence-corrected chi connectivity index (χ3v) is 4.37. The number of hydrogen-bond acceptors (Lipinski definition) is 3. The first-order chi connectivity index (χ1) is 8.04. The van der Waals surface area contributed by atoms with E-state index in [1.165, 1.54) is 11.3 Å². The molecule has 0 saturated heterocycles. The number of hydrogen-bond donors (Lipinski definition) is 2.